The Morgan fingerprint density at radius 1 is 1.23 bits per heavy atom. The Hall–Kier alpha value is -3.36. The number of nitrogens with two attached hydrogens (primary N) is 1. The summed E-state index contributed by atoms with van der Waals surface area (Å²) in [6, 6.07) is 14.7. The normalized spacial score (nSPS) is 15.2. The topological polar surface area (TPSA) is 70.3 Å². The standard InChI is InChI=1S/C25H29N5/c1-19-18-21(28-25(19)23(13-15-27)24-6-4-16-30(24)3)10-7-20-8-11-22(12-9-20)29(2)17-5-14-26/h4,6-12,16,18H,5,13,15,17,27H2,1-3H3/b10-7+,25-23-. The van der Waals surface area contributed by atoms with Crippen LogP contribution in [0.4, 0.5) is 5.69 Å². The van der Waals surface area contributed by atoms with Gasteiger partial charge in [-0.2, -0.15) is 5.26 Å². The third-order valence-electron chi connectivity index (χ3n) is 5.25. The van der Waals surface area contributed by atoms with Crippen LogP contribution in [0.25, 0.3) is 11.6 Å². The van der Waals surface area contributed by atoms with Gasteiger partial charge in [-0.15, -0.1) is 0 Å². The molecule has 0 aliphatic carbocycles. The van der Waals surface area contributed by atoms with Crippen molar-refractivity contribution in [3.63, 3.8) is 0 Å². The average molecular weight is 400 g/mol. The minimum atomic E-state index is 0.522. The Labute approximate surface area is 179 Å². The van der Waals surface area contributed by atoms with E-state index in [4.69, 9.17) is 16.0 Å². The monoisotopic (exact) mass is 399 g/mol. The van der Waals surface area contributed by atoms with E-state index in [-0.39, 0.29) is 0 Å². The van der Waals surface area contributed by atoms with Crippen LogP contribution in [0.5, 0.6) is 0 Å². The molecule has 0 saturated heterocycles. The summed E-state index contributed by atoms with van der Waals surface area (Å²) in [6.07, 6.45) is 9.61. The van der Waals surface area contributed by atoms with Gasteiger partial charge >= 0.3 is 0 Å². The largest absolute Gasteiger partial charge is 0.374 e. The fraction of sp³-hybridized carbons (Fsp3) is 0.280. The van der Waals surface area contributed by atoms with E-state index in [1.54, 1.807) is 0 Å². The number of aryl methyl sites for hydroxylation is 1. The first-order valence-electron chi connectivity index (χ1n) is 10.2. The van der Waals surface area contributed by atoms with Crippen LogP contribution in [-0.2, 0) is 7.05 Å². The molecule has 30 heavy (non-hydrogen) atoms. The maximum Gasteiger partial charge on any atom is 0.0720 e. The van der Waals surface area contributed by atoms with E-state index >= 15 is 0 Å². The summed E-state index contributed by atoms with van der Waals surface area (Å²) >= 11 is 0. The smallest absolute Gasteiger partial charge is 0.0720 e. The Bertz CT molecular complexity index is 1040. The van der Waals surface area contributed by atoms with Gasteiger partial charge in [0.15, 0.2) is 0 Å². The molecule has 0 saturated carbocycles. The predicted octanol–water partition coefficient (Wildman–Crippen LogP) is 4.55. The van der Waals surface area contributed by atoms with Crippen molar-refractivity contribution < 1.29 is 0 Å². The molecule has 0 unspecified atom stereocenters. The van der Waals surface area contributed by atoms with E-state index in [2.05, 4.69) is 71.0 Å². The lowest BCUT2D eigenvalue weighted by atomic mass is 10.0. The van der Waals surface area contributed by atoms with E-state index in [9.17, 15) is 0 Å². The zero-order chi connectivity index (χ0) is 21.5. The second-order valence-corrected chi connectivity index (χ2v) is 7.49. The molecule has 1 aliphatic rings. The van der Waals surface area contributed by atoms with E-state index in [0.29, 0.717) is 13.0 Å². The molecule has 1 aromatic carbocycles. The van der Waals surface area contributed by atoms with Crippen molar-refractivity contribution in [1.29, 1.82) is 5.26 Å². The van der Waals surface area contributed by atoms with E-state index in [1.165, 1.54) is 5.57 Å². The van der Waals surface area contributed by atoms with Crippen molar-refractivity contribution in [2.45, 2.75) is 19.8 Å². The molecule has 1 aliphatic heterocycles. The number of aromatic nitrogens is 1. The first kappa shape index (κ1) is 21.4. The van der Waals surface area contributed by atoms with Crippen molar-refractivity contribution in [2.24, 2.45) is 17.8 Å². The van der Waals surface area contributed by atoms with E-state index < -0.39 is 0 Å². The van der Waals surface area contributed by atoms with Gasteiger partial charge in [0.25, 0.3) is 0 Å². The lowest BCUT2D eigenvalue weighted by Gasteiger charge is -2.17. The molecule has 3 rings (SSSR count). The fourth-order valence-corrected chi connectivity index (χ4v) is 3.59. The Morgan fingerprint density at radius 2 is 2.00 bits per heavy atom. The summed E-state index contributed by atoms with van der Waals surface area (Å²) in [5.74, 6) is 0. The summed E-state index contributed by atoms with van der Waals surface area (Å²) in [7, 11) is 4.05. The van der Waals surface area contributed by atoms with Crippen molar-refractivity contribution >= 4 is 23.0 Å². The zero-order valence-electron chi connectivity index (χ0n) is 18.0. The first-order chi connectivity index (χ1) is 14.5. The van der Waals surface area contributed by atoms with E-state index in [1.807, 2.05) is 26.4 Å². The molecule has 0 radical (unpaired) electrons. The lowest BCUT2D eigenvalue weighted by molar-refractivity contribution is 0.888. The summed E-state index contributed by atoms with van der Waals surface area (Å²) in [5, 5.41) is 8.74. The Morgan fingerprint density at radius 3 is 2.63 bits per heavy atom. The number of aliphatic imine (C=N–C) groups is 1. The molecular weight excluding hydrogens is 370 g/mol. The van der Waals surface area contributed by atoms with Crippen molar-refractivity contribution in [2.75, 3.05) is 25.0 Å². The molecule has 0 bridgehead atoms. The molecule has 2 heterocycles. The third-order valence-corrected chi connectivity index (χ3v) is 5.25. The Balaban J connectivity index is 1.80. The van der Waals surface area contributed by atoms with E-state index in [0.717, 1.165) is 46.9 Å². The number of allylic oxidation sites excluding steroid dienone is 3. The van der Waals surface area contributed by atoms with Gasteiger partial charge in [0.05, 0.1) is 23.9 Å². The quantitative estimate of drug-likeness (QED) is 0.708. The van der Waals surface area contributed by atoms with Gasteiger partial charge < -0.3 is 15.2 Å². The van der Waals surface area contributed by atoms with Crippen LogP contribution in [-0.4, -0.2) is 30.4 Å². The maximum atomic E-state index is 8.74. The lowest BCUT2D eigenvalue weighted by Crippen LogP contribution is -2.17. The number of hydrogen-bond acceptors (Lipinski definition) is 4. The highest BCUT2D eigenvalue weighted by Gasteiger charge is 2.17. The third kappa shape index (κ3) is 4.97. The van der Waals surface area contributed by atoms with Crippen molar-refractivity contribution in [3.8, 4) is 6.07 Å². The first-order valence-corrected chi connectivity index (χ1v) is 10.2. The number of rotatable bonds is 8. The summed E-state index contributed by atoms with van der Waals surface area (Å²) < 4.78 is 2.11. The van der Waals surface area contributed by atoms with Gasteiger partial charge in [-0.3, -0.25) is 0 Å². The summed E-state index contributed by atoms with van der Waals surface area (Å²) in [6.45, 7) is 3.42. The van der Waals surface area contributed by atoms with Gasteiger partial charge in [-0.05, 0) is 67.4 Å². The maximum absolute atomic E-state index is 8.74. The molecule has 154 valence electrons. The SMILES string of the molecule is CC1=CC(/C=C/c2ccc(N(C)CCC#N)cc2)=NC/1=C(/CCN)c1cccn1C. The molecule has 0 fully saturated rings. The highest BCUT2D eigenvalue weighted by molar-refractivity contribution is 6.10. The highest BCUT2D eigenvalue weighted by Crippen LogP contribution is 2.31. The predicted molar refractivity (Wildman–Crippen MR) is 126 cm³/mol. The zero-order valence-corrected chi connectivity index (χ0v) is 18.0. The number of nitrogens with zero attached hydrogens (tertiary/aromatic N) is 4. The van der Waals surface area contributed by atoms with Crippen molar-refractivity contribution in [3.05, 3.63) is 77.3 Å². The molecule has 2 N–H and O–H groups in total. The van der Waals surface area contributed by atoms with Gasteiger partial charge in [-0.25, -0.2) is 4.99 Å². The van der Waals surface area contributed by atoms with Crippen LogP contribution in [0.3, 0.4) is 0 Å². The molecule has 0 amide bonds. The number of nitriles is 1. The summed E-state index contributed by atoms with van der Waals surface area (Å²) in [5.41, 5.74) is 13.6. The number of benzene rings is 1. The number of hydrogen-bond donors (Lipinski definition) is 1. The van der Waals surface area contributed by atoms with Crippen LogP contribution >= 0.6 is 0 Å². The average Bonchev–Trinajstić information content (AvgIpc) is 3.34. The van der Waals surface area contributed by atoms with Gasteiger partial charge in [0.1, 0.15) is 0 Å². The molecule has 5 heteroatoms. The molecular formula is C25H29N5. The minimum absolute atomic E-state index is 0.522. The minimum Gasteiger partial charge on any atom is -0.374 e. The van der Waals surface area contributed by atoms with Gasteiger partial charge in [0.2, 0.25) is 0 Å². The second kappa shape index (κ2) is 9.91. The fourth-order valence-electron chi connectivity index (χ4n) is 3.59. The summed E-state index contributed by atoms with van der Waals surface area (Å²) in [4.78, 5) is 6.98. The van der Waals surface area contributed by atoms with Crippen molar-refractivity contribution in [1.82, 2.24) is 4.57 Å². The molecule has 0 spiro atoms. The molecule has 2 aromatic rings. The Kier molecular flexibility index (Phi) is 7.05. The molecule has 1 aromatic heterocycles. The highest BCUT2D eigenvalue weighted by atomic mass is 15.1. The second-order valence-electron chi connectivity index (χ2n) is 7.49. The van der Waals surface area contributed by atoms with Gasteiger partial charge in [-0.1, -0.05) is 18.2 Å². The number of anilines is 1. The van der Waals surface area contributed by atoms with Crippen LogP contribution in [0.15, 0.2) is 71.0 Å². The molecule has 0 atom stereocenters. The van der Waals surface area contributed by atoms with Crippen LogP contribution < -0.4 is 10.6 Å². The van der Waals surface area contributed by atoms with Crippen LogP contribution in [0.1, 0.15) is 31.0 Å². The van der Waals surface area contributed by atoms with Crippen LogP contribution in [0, 0.1) is 11.3 Å². The molecule has 5 nitrogen and oxygen atoms in total. The van der Waals surface area contributed by atoms with Gasteiger partial charge in [0, 0.05) is 43.8 Å². The van der Waals surface area contributed by atoms with Crippen LogP contribution in [0.2, 0.25) is 0 Å².